The quantitative estimate of drug-likeness (QED) is 0.274. The van der Waals surface area contributed by atoms with Crippen LogP contribution in [0.25, 0.3) is 11.1 Å². The van der Waals surface area contributed by atoms with E-state index >= 15 is 0 Å². The van der Waals surface area contributed by atoms with E-state index in [4.69, 9.17) is 23.2 Å². The Kier molecular flexibility index (Phi) is 7.30. The SMILES string of the molecule is Cc1cc(-c2ccc(Cl)cc2)cc(N2CCN(C(c3ccccc3)c3ccc(Cl)cc3)CC2)c1C#N. The molecule has 0 saturated carbocycles. The highest BCUT2D eigenvalue weighted by Gasteiger charge is 2.28. The average molecular weight is 512 g/mol. The summed E-state index contributed by atoms with van der Waals surface area (Å²) in [7, 11) is 0. The largest absolute Gasteiger partial charge is 0.368 e. The minimum Gasteiger partial charge on any atom is -0.368 e. The summed E-state index contributed by atoms with van der Waals surface area (Å²) in [6.45, 7) is 5.47. The van der Waals surface area contributed by atoms with Gasteiger partial charge in [-0.3, -0.25) is 4.90 Å². The van der Waals surface area contributed by atoms with Crippen LogP contribution in [0.1, 0.15) is 28.3 Å². The van der Waals surface area contributed by atoms with Crippen molar-refractivity contribution in [2.24, 2.45) is 0 Å². The molecule has 180 valence electrons. The fourth-order valence-electron chi connectivity index (χ4n) is 5.09. The van der Waals surface area contributed by atoms with Crippen molar-refractivity contribution in [2.45, 2.75) is 13.0 Å². The second-order valence-corrected chi connectivity index (χ2v) is 10.1. The maximum atomic E-state index is 9.97. The number of halogens is 2. The van der Waals surface area contributed by atoms with Gasteiger partial charge in [0.1, 0.15) is 6.07 Å². The zero-order valence-corrected chi connectivity index (χ0v) is 21.7. The number of anilines is 1. The zero-order chi connectivity index (χ0) is 25.1. The smallest absolute Gasteiger partial charge is 0.102 e. The van der Waals surface area contributed by atoms with E-state index in [0.717, 1.165) is 59.1 Å². The van der Waals surface area contributed by atoms with Gasteiger partial charge in [-0.1, -0.05) is 77.8 Å². The first-order valence-corrected chi connectivity index (χ1v) is 12.9. The maximum absolute atomic E-state index is 9.97. The van der Waals surface area contributed by atoms with E-state index in [2.05, 4.69) is 70.5 Å². The van der Waals surface area contributed by atoms with Crippen molar-refractivity contribution in [1.29, 1.82) is 5.26 Å². The minimum atomic E-state index is 0.156. The van der Waals surface area contributed by atoms with Gasteiger partial charge in [-0.05, 0) is 71.1 Å². The highest BCUT2D eigenvalue weighted by Crippen LogP contribution is 2.34. The lowest BCUT2D eigenvalue weighted by atomic mass is 9.95. The molecule has 0 aromatic heterocycles. The molecule has 0 spiro atoms. The number of nitrogens with zero attached hydrogens (tertiary/aromatic N) is 3. The van der Waals surface area contributed by atoms with Crippen molar-refractivity contribution in [2.75, 3.05) is 31.1 Å². The van der Waals surface area contributed by atoms with Crippen LogP contribution in [-0.4, -0.2) is 31.1 Å². The van der Waals surface area contributed by atoms with Crippen molar-refractivity contribution in [3.8, 4) is 17.2 Å². The molecule has 36 heavy (non-hydrogen) atoms. The van der Waals surface area contributed by atoms with Crippen LogP contribution in [0.2, 0.25) is 10.0 Å². The predicted molar refractivity (Wildman–Crippen MR) is 150 cm³/mol. The van der Waals surface area contributed by atoms with Crippen molar-refractivity contribution in [3.63, 3.8) is 0 Å². The van der Waals surface area contributed by atoms with Crippen LogP contribution in [0, 0.1) is 18.3 Å². The number of aryl methyl sites for hydroxylation is 1. The second kappa shape index (κ2) is 10.8. The van der Waals surface area contributed by atoms with Gasteiger partial charge in [0.25, 0.3) is 0 Å². The third-order valence-electron chi connectivity index (χ3n) is 6.93. The highest BCUT2D eigenvalue weighted by atomic mass is 35.5. The van der Waals surface area contributed by atoms with Crippen LogP contribution in [-0.2, 0) is 0 Å². The summed E-state index contributed by atoms with van der Waals surface area (Å²) >= 11 is 12.3. The Labute approximate surface area is 223 Å². The molecule has 1 saturated heterocycles. The Morgan fingerprint density at radius 2 is 1.31 bits per heavy atom. The molecule has 5 heteroatoms. The zero-order valence-electron chi connectivity index (χ0n) is 20.2. The first kappa shape index (κ1) is 24.4. The van der Waals surface area contributed by atoms with Crippen LogP contribution < -0.4 is 4.90 Å². The monoisotopic (exact) mass is 511 g/mol. The van der Waals surface area contributed by atoms with Gasteiger partial charge >= 0.3 is 0 Å². The van der Waals surface area contributed by atoms with Crippen molar-refractivity contribution in [3.05, 3.63) is 123 Å². The van der Waals surface area contributed by atoms with E-state index in [9.17, 15) is 5.26 Å². The average Bonchev–Trinajstić information content (AvgIpc) is 2.91. The van der Waals surface area contributed by atoms with Gasteiger partial charge in [0.2, 0.25) is 0 Å². The summed E-state index contributed by atoms with van der Waals surface area (Å²) in [4.78, 5) is 4.88. The molecule has 0 radical (unpaired) electrons. The van der Waals surface area contributed by atoms with Gasteiger partial charge in [-0.2, -0.15) is 5.26 Å². The van der Waals surface area contributed by atoms with Crippen molar-refractivity contribution in [1.82, 2.24) is 4.90 Å². The first-order valence-electron chi connectivity index (χ1n) is 12.1. The Bertz CT molecular complexity index is 1370. The Morgan fingerprint density at radius 3 is 1.92 bits per heavy atom. The van der Waals surface area contributed by atoms with Gasteiger partial charge in [-0.15, -0.1) is 0 Å². The van der Waals surface area contributed by atoms with Crippen LogP contribution in [0.4, 0.5) is 5.69 Å². The van der Waals surface area contributed by atoms with Crippen molar-refractivity contribution >= 4 is 28.9 Å². The molecule has 3 nitrogen and oxygen atoms in total. The van der Waals surface area contributed by atoms with Crippen LogP contribution >= 0.6 is 23.2 Å². The summed E-state index contributed by atoms with van der Waals surface area (Å²) in [5, 5.41) is 11.4. The summed E-state index contributed by atoms with van der Waals surface area (Å²) in [5.41, 5.74) is 7.45. The van der Waals surface area contributed by atoms with E-state index in [1.54, 1.807) is 0 Å². The molecule has 0 amide bonds. The molecule has 0 aliphatic carbocycles. The lowest BCUT2D eigenvalue weighted by Gasteiger charge is -2.41. The molecule has 5 rings (SSSR count). The first-order chi connectivity index (χ1) is 17.5. The Morgan fingerprint density at radius 1 is 0.722 bits per heavy atom. The summed E-state index contributed by atoms with van der Waals surface area (Å²) in [6, 6.07) is 33.5. The molecule has 1 aliphatic rings. The third kappa shape index (κ3) is 5.13. The van der Waals surface area contributed by atoms with Crippen LogP contribution in [0.5, 0.6) is 0 Å². The number of piperazine rings is 1. The van der Waals surface area contributed by atoms with Gasteiger partial charge < -0.3 is 4.90 Å². The minimum absolute atomic E-state index is 0.156. The lowest BCUT2D eigenvalue weighted by molar-refractivity contribution is 0.212. The fourth-order valence-corrected chi connectivity index (χ4v) is 5.34. The molecule has 0 N–H and O–H groups in total. The number of hydrogen-bond donors (Lipinski definition) is 0. The summed E-state index contributed by atoms with van der Waals surface area (Å²) < 4.78 is 0. The molecule has 4 aromatic carbocycles. The maximum Gasteiger partial charge on any atom is 0.102 e. The standard InChI is InChI=1S/C31H27Cl2N3/c1-22-19-26(23-7-11-27(32)12-8-23)20-30(29(22)21-34)35-15-17-36(18-16-35)31(24-5-3-2-4-6-24)25-9-13-28(33)14-10-25/h2-14,19-20,31H,15-18H2,1H3. The molecule has 1 heterocycles. The number of hydrogen-bond acceptors (Lipinski definition) is 3. The van der Waals surface area contributed by atoms with E-state index < -0.39 is 0 Å². The molecule has 1 atom stereocenters. The molecular formula is C31H27Cl2N3. The highest BCUT2D eigenvalue weighted by molar-refractivity contribution is 6.30. The number of benzene rings is 4. The van der Waals surface area contributed by atoms with E-state index in [-0.39, 0.29) is 6.04 Å². The van der Waals surface area contributed by atoms with E-state index in [1.807, 2.05) is 43.3 Å². The summed E-state index contributed by atoms with van der Waals surface area (Å²) in [5.74, 6) is 0. The molecule has 0 bridgehead atoms. The molecule has 1 fully saturated rings. The fraction of sp³-hybridized carbons (Fsp3) is 0.194. The lowest BCUT2D eigenvalue weighted by Crippen LogP contribution is -2.48. The third-order valence-corrected chi connectivity index (χ3v) is 7.43. The predicted octanol–water partition coefficient (Wildman–Crippen LogP) is 7.75. The van der Waals surface area contributed by atoms with Crippen molar-refractivity contribution < 1.29 is 0 Å². The van der Waals surface area contributed by atoms with Gasteiger partial charge in [0.15, 0.2) is 0 Å². The van der Waals surface area contributed by atoms with E-state index in [1.165, 1.54) is 11.1 Å². The topological polar surface area (TPSA) is 30.3 Å². The second-order valence-electron chi connectivity index (χ2n) is 9.19. The molecular weight excluding hydrogens is 485 g/mol. The number of rotatable bonds is 5. The molecule has 1 aliphatic heterocycles. The Hall–Kier alpha value is -3.29. The normalized spacial score (nSPS) is 14.9. The number of nitriles is 1. The van der Waals surface area contributed by atoms with Gasteiger partial charge in [0.05, 0.1) is 17.3 Å². The van der Waals surface area contributed by atoms with Gasteiger partial charge in [0, 0.05) is 36.2 Å². The summed E-state index contributed by atoms with van der Waals surface area (Å²) in [6.07, 6.45) is 0. The molecule has 4 aromatic rings. The van der Waals surface area contributed by atoms with Gasteiger partial charge in [-0.25, -0.2) is 0 Å². The van der Waals surface area contributed by atoms with Crippen LogP contribution in [0.15, 0.2) is 91.0 Å². The van der Waals surface area contributed by atoms with E-state index in [0.29, 0.717) is 5.02 Å². The van der Waals surface area contributed by atoms with Crippen LogP contribution in [0.3, 0.4) is 0 Å². The Balaban J connectivity index is 1.43. The molecule has 1 unspecified atom stereocenters.